The molecular weight excluding hydrogens is 368 g/mol. The molecule has 3 aromatic rings. The maximum atomic E-state index is 13.0. The van der Waals surface area contributed by atoms with Crippen molar-refractivity contribution < 1.29 is 4.79 Å². The molecule has 1 aliphatic heterocycles. The van der Waals surface area contributed by atoms with Gasteiger partial charge in [-0.1, -0.05) is 43.3 Å². The summed E-state index contributed by atoms with van der Waals surface area (Å²) < 4.78 is 0. The Bertz CT molecular complexity index is 888. The molecule has 1 saturated heterocycles. The summed E-state index contributed by atoms with van der Waals surface area (Å²) in [5.74, 6) is 1.05. The normalized spacial score (nSPS) is 15.5. The predicted molar refractivity (Wildman–Crippen MR) is 114 cm³/mol. The first-order chi connectivity index (χ1) is 13.8. The van der Waals surface area contributed by atoms with E-state index in [1.807, 2.05) is 58.8 Å². The van der Waals surface area contributed by atoms with Gasteiger partial charge in [-0.15, -0.1) is 21.5 Å². The molecule has 0 aliphatic carbocycles. The van der Waals surface area contributed by atoms with Crippen LogP contribution in [0.1, 0.15) is 24.8 Å². The maximum absolute atomic E-state index is 13.0. The van der Waals surface area contributed by atoms with Crippen LogP contribution in [0.2, 0.25) is 0 Å². The zero-order chi connectivity index (χ0) is 19.3. The van der Waals surface area contributed by atoms with Crippen LogP contribution in [0.5, 0.6) is 0 Å². The molecule has 3 heterocycles. The minimum absolute atomic E-state index is 0.0578. The Kier molecular flexibility index (Phi) is 5.67. The number of anilines is 1. The van der Waals surface area contributed by atoms with Gasteiger partial charge in [-0.3, -0.25) is 4.79 Å². The zero-order valence-corrected chi connectivity index (χ0v) is 16.8. The molecule has 1 amide bonds. The van der Waals surface area contributed by atoms with Gasteiger partial charge in [0.1, 0.15) is 5.69 Å². The Balaban J connectivity index is 1.38. The monoisotopic (exact) mass is 392 g/mol. The van der Waals surface area contributed by atoms with Crippen molar-refractivity contribution in [3.8, 4) is 10.6 Å². The number of hydrogen-bond donors (Lipinski definition) is 0. The number of benzene rings is 1. The second kappa shape index (κ2) is 8.52. The Hall–Kier alpha value is -2.73. The molecule has 144 valence electrons. The fourth-order valence-corrected chi connectivity index (χ4v) is 4.35. The van der Waals surface area contributed by atoms with Gasteiger partial charge in [-0.05, 0) is 35.6 Å². The van der Waals surface area contributed by atoms with Crippen LogP contribution in [-0.4, -0.2) is 47.2 Å². The molecule has 1 aromatic carbocycles. The molecule has 1 aliphatic rings. The highest BCUT2D eigenvalue weighted by Gasteiger charge is 2.27. The standard InChI is InChI=1S/C22H24N4OS/c1-2-18(17-7-4-3-5-8-17)22(27)26-14-12-25(13-15-26)21-11-10-19(23-24-21)20-9-6-16-28-20/h3-11,16,18H,2,12-15H2,1H3. The molecule has 0 radical (unpaired) electrons. The summed E-state index contributed by atoms with van der Waals surface area (Å²) in [6.45, 7) is 5.08. The van der Waals surface area contributed by atoms with Gasteiger partial charge in [0.15, 0.2) is 5.82 Å². The van der Waals surface area contributed by atoms with Crippen molar-refractivity contribution in [2.24, 2.45) is 0 Å². The lowest BCUT2D eigenvalue weighted by Crippen LogP contribution is -2.50. The van der Waals surface area contributed by atoms with Gasteiger partial charge >= 0.3 is 0 Å². The molecule has 0 spiro atoms. The van der Waals surface area contributed by atoms with Crippen LogP contribution in [0.25, 0.3) is 10.6 Å². The zero-order valence-electron chi connectivity index (χ0n) is 16.0. The summed E-state index contributed by atoms with van der Waals surface area (Å²) >= 11 is 1.66. The second-order valence-electron chi connectivity index (χ2n) is 6.94. The molecule has 1 unspecified atom stereocenters. The first-order valence-electron chi connectivity index (χ1n) is 9.72. The summed E-state index contributed by atoms with van der Waals surface area (Å²) in [5, 5.41) is 10.8. The second-order valence-corrected chi connectivity index (χ2v) is 7.89. The highest BCUT2D eigenvalue weighted by molar-refractivity contribution is 7.13. The van der Waals surface area contributed by atoms with E-state index in [0.29, 0.717) is 0 Å². The quantitative estimate of drug-likeness (QED) is 0.657. The number of nitrogens with zero attached hydrogens (tertiary/aromatic N) is 4. The molecule has 0 saturated carbocycles. The number of aromatic nitrogens is 2. The van der Waals surface area contributed by atoms with Crippen LogP contribution in [0, 0.1) is 0 Å². The average molecular weight is 393 g/mol. The van der Waals surface area contributed by atoms with E-state index in [9.17, 15) is 4.79 Å². The number of hydrogen-bond acceptors (Lipinski definition) is 5. The Morgan fingerprint density at radius 2 is 1.79 bits per heavy atom. The van der Waals surface area contributed by atoms with Gasteiger partial charge < -0.3 is 9.80 Å². The number of carbonyl (C=O) groups excluding carboxylic acids is 1. The Morgan fingerprint density at radius 1 is 1.00 bits per heavy atom. The molecule has 0 N–H and O–H groups in total. The number of thiophene rings is 1. The molecule has 1 fully saturated rings. The third-order valence-corrected chi connectivity index (χ3v) is 6.14. The van der Waals surface area contributed by atoms with Crippen LogP contribution in [0.3, 0.4) is 0 Å². The Labute approximate surface area is 169 Å². The average Bonchev–Trinajstić information content (AvgIpc) is 3.30. The van der Waals surface area contributed by atoms with Crippen molar-refractivity contribution in [3.63, 3.8) is 0 Å². The molecule has 1 atom stereocenters. The van der Waals surface area contributed by atoms with Crippen molar-refractivity contribution in [2.75, 3.05) is 31.1 Å². The van der Waals surface area contributed by atoms with E-state index >= 15 is 0 Å². The number of amides is 1. The van der Waals surface area contributed by atoms with Crippen LogP contribution in [0.4, 0.5) is 5.82 Å². The minimum atomic E-state index is -0.0578. The lowest BCUT2D eigenvalue weighted by Gasteiger charge is -2.36. The van der Waals surface area contributed by atoms with E-state index in [4.69, 9.17) is 0 Å². The third kappa shape index (κ3) is 3.92. The molecular formula is C22H24N4OS. The fraction of sp³-hybridized carbons (Fsp3) is 0.318. The molecule has 4 rings (SSSR count). The van der Waals surface area contributed by atoms with Gasteiger partial charge in [0, 0.05) is 26.2 Å². The highest BCUT2D eigenvalue weighted by atomic mass is 32.1. The minimum Gasteiger partial charge on any atom is -0.352 e. The summed E-state index contributed by atoms with van der Waals surface area (Å²) in [7, 11) is 0. The summed E-state index contributed by atoms with van der Waals surface area (Å²) in [4.78, 5) is 18.4. The SMILES string of the molecule is CCC(C(=O)N1CCN(c2ccc(-c3cccs3)nn2)CC1)c1ccccc1. The number of piperazine rings is 1. The van der Waals surface area contributed by atoms with E-state index in [2.05, 4.69) is 28.1 Å². The van der Waals surface area contributed by atoms with Crippen LogP contribution >= 0.6 is 11.3 Å². The summed E-state index contributed by atoms with van der Waals surface area (Å²) in [5.41, 5.74) is 2.01. The molecule has 2 aromatic heterocycles. The predicted octanol–water partition coefficient (Wildman–Crippen LogP) is 4.05. The van der Waals surface area contributed by atoms with E-state index < -0.39 is 0 Å². The molecule has 28 heavy (non-hydrogen) atoms. The lowest BCUT2D eigenvalue weighted by atomic mass is 9.95. The van der Waals surface area contributed by atoms with Gasteiger partial charge in [-0.25, -0.2) is 0 Å². The van der Waals surface area contributed by atoms with Crippen molar-refractivity contribution in [2.45, 2.75) is 19.3 Å². The van der Waals surface area contributed by atoms with Crippen LogP contribution in [0.15, 0.2) is 60.0 Å². The van der Waals surface area contributed by atoms with Crippen molar-refractivity contribution in [3.05, 3.63) is 65.5 Å². The van der Waals surface area contributed by atoms with E-state index in [-0.39, 0.29) is 11.8 Å². The number of rotatable bonds is 5. The first kappa shape index (κ1) is 18.6. The summed E-state index contributed by atoms with van der Waals surface area (Å²) in [6.07, 6.45) is 0.818. The highest BCUT2D eigenvalue weighted by Crippen LogP contribution is 2.25. The van der Waals surface area contributed by atoms with Crippen molar-refractivity contribution >= 4 is 23.1 Å². The fourth-order valence-electron chi connectivity index (χ4n) is 3.66. The maximum Gasteiger partial charge on any atom is 0.230 e. The van der Waals surface area contributed by atoms with Crippen molar-refractivity contribution in [1.82, 2.24) is 15.1 Å². The van der Waals surface area contributed by atoms with E-state index in [0.717, 1.165) is 54.6 Å². The molecule has 6 heteroatoms. The number of carbonyl (C=O) groups is 1. The third-order valence-electron chi connectivity index (χ3n) is 5.25. The largest absolute Gasteiger partial charge is 0.352 e. The lowest BCUT2D eigenvalue weighted by molar-refractivity contribution is -0.133. The topological polar surface area (TPSA) is 49.3 Å². The van der Waals surface area contributed by atoms with Crippen LogP contribution < -0.4 is 4.90 Å². The van der Waals surface area contributed by atoms with Crippen molar-refractivity contribution in [1.29, 1.82) is 0 Å². The van der Waals surface area contributed by atoms with E-state index in [1.165, 1.54) is 0 Å². The first-order valence-corrected chi connectivity index (χ1v) is 10.6. The summed E-state index contributed by atoms with van der Waals surface area (Å²) in [6, 6.07) is 18.2. The van der Waals surface area contributed by atoms with E-state index in [1.54, 1.807) is 11.3 Å². The van der Waals surface area contributed by atoms with Gasteiger partial charge in [0.25, 0.3) is 0 Å². The molecule has 5 nitrogen and oxygen atoms in total. The molecule has 0 bridgehead atoms. The van der Waals surface area contributed by atoms with Gasteiger partial charge in [0.2, 0.25) is 5.91 Å². The smallest absolute Gasteiger partial charge is 0.230 e. The van der Waals surface area contributed by atoms with Crippen LogP contribution in [-0.2, 0) is 4.79 Å². The van der Waals surface area contributed by atoms with Gasteiger partial charge in [0.05, 0.1) is 10.8 Å². The Morgan fingerprint density at radius 3 is 2.39 bits per heavy atom. The van der Waals surface area contributed by atoms with Gasteiger partial charge in [-0.2, -0.15) is 0 Å².